The van der Waals surface area contributed by atoms with Crippen molar-refractivity contribution < 1.29 is 13.9 Å². The second-order valence-electron chi connectivity index (χ2n) is 2.43. The maximum atomic E-state index is 11.3. The van der Waals surface area contributed by atoms with E-state index in [0.717, 1.165) is 0 Å². The molecule has 0 saturated heterocycles. The fourth-order valence-electron chi connectivity index (χ4n) is 1.09. The molecule has 5 nitrogen and oxygen atoms in total. The number of ether oxygens (including phenoxy) is 1. The number of fused-ring (bicyclic) bond motifs is 1. The minimum absolute atomic E-state index is 0.331. The lowest BCUT2D eigenvalue weighted by Gasteiger charge is -1.99. The van der Waals surface area contributed by atoms with Gasteiger partial charge in [-0.2, -0.15) is 9.78 Å². The zero-order valence-electron chi connectivity index (χ0n) is 7.06. The van der Waals surface area contributed by atoms with E-state index < -0.39 is 6.09 Å². The Morgan fingerprint density at radius 1 is 1.77 bits per heavy atom. The SMILES string of the molecule is CCOC(=O)n1ncc2occc21. The Morgan fingerprint density at radius 2 is 2.62 bits per heavy atom. The van der Waals surface area contributed by atoms with Crippen LogP contribution in [0, 0.1) is 0 Å². The molecule has 0 atom stereocenters. The van der Waals surface area contributed by atoms with Gasteiger partial charge in [-0.3, -0.25) is 0 Å². The normalized spacial score (nSPS) is 10.5. The van der Waals surface area contributed by atoms with Crippen LogP contribution in [-0.2, 0) is 4.74 Å². The molecule has 68 valence electrons. The second-order valence-corrected chi connectivity index (χ2v) is 2.43. The molecule has 2 aromatic heterocycles. The van der Waals surface area contributed by atoms with Crippen LogP contribution in [0.1, 0.15) is 6.92 Å². The number of rotatable bonds is 1. The molecule has 0 aliphatic heterocycles. The highest BCUT2D eigenvalue weighted by Gasteiger charge is 2.12. The summed E-state index contributed by atoms with van der Waals surface area (Å²) in [5.74, 6) is 0. The van der Waals surface area contributed by atoms with Crippen LogP contribution in [0.5, 0.6) is 0 Å². The molecule has 0 N–H and O–H groups in total. The molecule has 2 rings (SSSR count). The van der Waals surface area contributed by atoms with Gasteiger partial charge in [0.1, 0.15) is 5.52 Å². The Bertz CT molecular complexity index is 429. The van der Waals surface area contributed by atoms with Crippen molar-refractivity contribution in [1.82, 2.24) is 9.78 Å². The van der Waals surface area contributed by atoms with E-state index in [4.69, 9.17) is 9.15 Å². The van der Waals surface area contributed by atoms with E-state index in [0.29, 0.717) is 17.7 Å². The number of aromatic nitrogens is 2. The molecule has 0 radical (unpaired) electrons. The van der Waals surface area contributed by atoms with Crippen molar-refractivity contribution in [1.29, 1.82) is 0 Å². The third-order valence-corrected chi connectivity index (χ3v) is 1.63. The minimum Gasteiger partial charge on any atom is -0.461 e. The third-order valence-electron chi connectivity index (χ3n) is 1.63. The van der Waals surface area contributed by atoms with Gasteiger partial charge in [0.05, 0.1) is 19.1 Å². The van der Waals surface area contributed by atoms with E-state index in [1.54, 1.807) is 13.0 Å². The number of carbonyl (C=O) groups is 1. The summed E-state index contributed by atoms with van der Waals surface area (Å²) in [6.07, 6.45) is 2.49. The molecule has 0 aromatic carbocycles. The van der Waals surface area contributed by atoms with Gasteiger partial charge < -0.3 is 9.15 Å². The van der Waals surface area contributed by atoms with Crippen molar-refractivity contribution in [2.24, 2.45) is 0 Å². The van der Waals surface area contributed by atoms with Crippen LogP contribution in [0.3, 0.4) is 0 Å². The van der Waals surface area contributed by atoms with Crippen molar-refractivity contribution in [3.63, 3.8) is 0 Å². The van der Waals surface area contributed by atoms with E-state index in [2.05, 4.69) is 5.10 Å². The first kappa shape index (κ1) is 7.85. The van der Waals surface area contributed by atoms with Gasteiger partial charge in [-0.1, -0.05) is 0 Å². The summed E-state index contributed by atoms with van der Waals surface area (Å²) < 4.78 is 11.0. The third kappa shape index (κ3) is 1.18. The summed E-state index contributed by atoms with van der Waals surface area (Å²) in [5.41, 5.74) is 1.20. The molecule has 0 fully saturated rings. The highest BCUT2D eigenvalue weighted by molar-refractivity contribution is 5.84. The van der Waals surface area contributed by atoms with Gasteiger partial charge in [0.15, 0.2) is 5.58 Å². The highest BCUT2D eigenvalue weighted by Crippen LogP contribution is 2.14. The fraction of sp³-hybridized carbons (Fsp3) is 0.250. The van der Waals surface area contributed by atoms with Crippen LogP contribution >= 0.6 is 0 Å². The molecule has 0 bridgehead atoms. The zero-order valence-corrected chi connectivity index (χ0v) is 7.06. The van der Waals surface area contributed by atoms with Crippen molar-refractivity contribution in [2.45, 2.75) is 6.92 Å². The van der Waals surface area contributed by atoms with Crippen LogP contribution < -0.4 is 0 Å². The van der Waals surface area contributed by atoms with Crippen LogP contribution in [0.2, 0.25) is 0 Å². The highest BCUT2D eigenvalue weighted by atomic mass is 16.6. The van der Waals surface area contributed by atoms with Gasteiger partial charge >= 0.3 is 6.09 Å². The number of furan rings is 1. The standard InChI is InChI=1S/C8H8N2O3/c1-2-12-8(11)10-6-3-4-13-7(6)5-9-10/h3-5H,2H2,1H3. The average Bonchev–Trinajstić information content (AvgIpc) is 2.62. The predicted molar refractivity (Wildman–Crippen MR) is 44.4 cm³/mol. The lowest BCUT2D eigenvalue weighted by atomic mass is 10.5. The Hall–Kier alpha value is -1.78. The van der Waals surface area contributed by atoms with E-state index in [1.807, 2.05) is 0 Å². The second kappa shape index (κ2) is 2.93. The first-order chi connectivity index (χ1) is 6.33. The summed E-state index contributed by atoms with van der Waals surface area (Å²) in [6.45, 7) is 2.08. The quantitative estimate of drug-likeness (QED) is 0.669. The molecular weight excluding hydrogens is 172 g/mol. The average molecular weight is 180 g/mol. The zero-order chi connectivity index (χ0) is 9.26. The van der Waals surface area contributed by atoms with Gasteiger partial charge in [-0.15, -0.1) is 0 Å². The largest absolute Gasteiger partial charge is 0.461 e. The van der Waals surface area contributed by atoms with Gasteiger partial charge in [-0.05, 0) is 6.92 Å². The summed E-state index contributed by atoms with van der Waals surface area (Å²) in [6, 6.07) is 1.67. The first-order valence-corrected chi connectivity index (χ1v) is 3.91. The van der Waals surface area contributed by atoms with Gasteiger partial charge in [0, 0.05) is 6.07 Å². The summed E-state index contributed by atoms with van der Waals surface area (Å²) in [5, 5.41) is 3.82. The monoisotopic (exact) mass is 180 g/mol. The Kier molecular flexibility index (Phi) is 1.77. The van der Waals surface area contributed by atoms with Crippen LogP contribution in [-0.4, -0.2) is 22.5 Å². The Balaban J connectivity index is 2.42. The summed E-state index contributed by atoms with van der Waals surface area (Å²) in [7, 11) is 0. The van der Waals surface area contributed by atoms with Gasteiger partial charge in [-0.25, -0.2) is 4.79 Å². The molecule has 2 aromatic rings. The van der Waals surface area contributed by atoms with Crippen LogP contribution in [0.15, 0.2) is 22.9 Å². The van der Waals surface area contributed by atoms with Crippen molar-refractivity contribution >= 4 is 17.2 Å². The van der Waals surface area contributed by atoms with E-state index in [9.17, 15) is 4.79 Å². The van der Waals surface area contributed by atoms with Crippen molar-refractivity contribution in [3.05, 3.63) is 18.5 Å². The molecule has 0 aliphatic rings. The van der Waals surface area contributed by atoms with E-state index >= 15 is 0 Å². The lowest BCUT2D eigenvalue weighted by Crippen LogP contribution is -2.14. The molecule has 0 amide bonds. The first-order valence-electron chi connectivity index (χ1n) is 3.91. The summed E-state index contributed by atoms with van der Waals surface area (Å²) in [4.78, 5) is 11.3. The minimum atomic E-state index is -0.487. The topological polar surface area (TPSA) is 57.3 Å². The van der Waals surface area contributed by atoms with Crippen molar-refractivity contribution in [3.8, 4) is 0 Å². The van der Waals surface area contributed by atoms with Crippen LogP contribution in [0.4, 0.5) is 4.79 Å². The van der Waals surface area contributed by atoms with Crippen LogP contribution in [0.25, 0.3) is 11.1 Å². The van der Waals surface area contributed by atoms with Gasteiger partial charge in [0.25, 0.3) is 0 Å². The molecule has 13 heavy (non-hydrogen) atoms. The number of nitrogens with zero attached hydrogens (tertiary/aromatic N) is 2. The molecule has 0 spiro atoms. The Morgan fingerprint density at radius 3 is 3.38 bits per heavy atom. The molecule has 0 unspecified atom stereocenters. The number of hydrogen-bond donors (Lipinski definition) is 0. The van der Waals surface area contributed by atoms with Crippen molar-refractivity contribution in [2.75, 3.05) is 6.61 Å². The van der Waals surface area contributed by atoms with E-state index in [1.165, 1.54) is 17.1 Å². The maximum Gasteiger partial charge on any atom is 0.435 e. The number of carbonyl (C=O) groups excluding carboxylic acids is 1. The maximum absolute atomic E-state index is 11.3. The smallest absolute Gasteiger partial charge is 0.435 e. The molecular formula is C8H8N2O3. The molecule has 0 aliphatic carbocycles. The Labute approximate surface area is 73.9 Å². The summed E-state index contributed by atoms with van der Waals surface area (Å²) >= 11 is 0. The molecule has 2 heterocycles. The fourth-order valence-corrected chi connectivity index (χ4v) is 1.09. The molecule has 5 heteroatoms. The predicted octanol–water partition coefficient (Wildman–Crippen LogP) is 1.63. The molecule has 0 saturated carbocycles. The number of hydrogen-bond acceptors (Lipinski definition) is 4. The lowest BCUT2D eigenvalue weighted by molar-refractivity contribution is 0.151. The van der Waals surface area contributed by atoms with Gasteiger partial charge in [0.2, 0.25) is 0 Å². The van der Waals surface area contributed by atoms with E-state index in [-0.39, 0.29) is 0 Å².